The monoisotopic (exact) mass is 367 g/mol. The molecule has 0 aromatic heterocycles. The number of hydrogen-bond donors (Lipinski definition) is 3. The number of aliphatic hydroxyl groups is 2. The van der Waals surface area contributed by atoms with Crippen LogP contribution in [0, 0.1) is 5.82 Å². The number of nitrogens with one attached hydrogen (secondary N) is 1. The Morgan fingerprint density at radius 3 is 2.92 bits per heavy atom. The third-order valence-electron chi connectivity index (χ3n) is 4.45. The Kier molecular flexibility index (Phi) is 6.25. The van der Waals surface area contributed by atoms with E-state index < -0.39 is 6.23 Å². The van der Waals surface area contributed by atoms with Crippen molar-refractivity contribution >= 4 is 17.7 Å². The number of rotatable bonds is 7. The first-order valence-electron chi connectivity index (χ1n) is 8.81. The molecule has 0 saturated carbocycles. The normalized spacial score (nSPS) is 21.5. The molecule has 3 rings (SSSR count). The van der Waals surface area contributed by atoms with Gasteiger partial charge < -0.3 is 24.7 Å². The van der Waals surface area contributed by atoms with Crippen molar-refractivity contribution in [3.63, 3.8) is 0 Å². The molecule has 2 unspecified atom stereocenters. The van der Waals surface area contributed by atoms with Gasteiger partial charge >= 0.3 is 0 Å². The van der Waals surface area contributed by atoms with Crippen LogP contribution in [0.2, 0.25) is 0 Å². The summed E-state index contributed by atoms with van der Waals surface area (Å²) in [5.74, 6) is -0.310. The third-order valence-corrected chi connectivity index (χ3v) is 4.45. The van der Waals surface area contributed by atoms with Crippen molar-refractivity contribution in [1.82, 2.24) is 10.3 Å². The maximum atomic E-state index is 14.6. The number of halogens is 1. The van der Waals surface area contributed by atoms with Gasteiger partial charge in [-0.2, -0.15) is 5.10 Å². The molecule has 2 aliphatic heterocycles. The molecular weight excluding hydrogens is 341 g/mol. The van der Waals surface area contributed by atoms with Crippen molar-refractivity contribution in [1.29, 1.82) is 0 Å². The average molecular weight is 367 g/mol. The third kappa shape index (κ3) is 4.61. The lowest BCUT2D eigenvalue weighted by Crippen LogP contribution is -2.39. The zero-order valence-corrected chi connectivity index (χ0v) is 14.9. The number of nitrogens with zero attached hydrogens (tertiary/aromatic N) is 4. The summed E-state index contributed by atoms with van der Waals surface area (Å²) in [5.41, 5.74) is 1.25. The van der Waals surface area contributed by atoms with Crippen LogP contribution in [0.25, 0.3) is 0 Å². The van der Waals surface area contributed by atoms with Gasteiger partial charge in [-0.3, -0.25) is 10.3 Å². The second-order valence-corrected chi connectivity index (χ2v) is 6.46. The van der Waals surface area contributed by atoms with E-state index in [1.165, 1.54) is 6.07 Å². The quantitative estimate of drug-likeness (QED) is 0.584. The number of anilines is 2. The molecule has 0 aliphatic carbocycles. The fourth-order valence-corrected chi connectivity index (χ4v) is 3.02. The second-order valence-electron chi connectivity index (χ2n) is 6.46. The van der Waals surface area contributed by atoms with Crippen molar-refractivity contribution in [3.05, 3.63) is 24.0 Å². The Labute approximate surface area is 152 Å². The molecule has 1 aromatic carbocycles. The molecule has 1 aromatic rings. The molecule has 9 heteroatoms. The van der Waals surface area contributed by atoms with E-state index in [-0.39, 0.29) is 18.5 Å². The van der Waals surface area contributed by atoms with Crippen LogP contribution in [0.1, 0.15) is 6.92 Å². The fourth-order valence-electron chi connectivity index (χ4n) is 3.02. The highest BCUT2D eigenvalue weighted by atomic mass is 19.1. The van der Waals surface area contributed by atoms with Gasteiger partial charge in [-0.05, 0) is 25.1 Å². The molecular formula is C17H26FN5O3. The van der Waals surface area contributed by atoms with Crippen LogP contribution in [-0.2, 0) is 4.74 Å². The largest absolute Gasteiger partial charge is 0.394 e. The number of β-amino-alcohol motifs (C(OH)–C–C–N with tert-alkyl or cyclic N) is 1. The Hall–Kier alpha value is -1.94. The fraction of sp³-hybridized carbons (Fsp3) is 0.588. The van der Waals surface area contributed by atoms with Gasteiger partial charge in [0, 0.05) is 25.3 Å². The van der Waals surface area contributed by atoms with Crippen LogP contribution < -0.4 is 15.1 Å². The summed E-state index contributed by atoms with van der Waals surface area (Å²) in [4.78, 5) is 3.73. The maximum Gasteiger partial charge on any atom is 0.148 e. The molecule has 2 heterocycles. The first-order valence-corrected chi connectivity index (χ1v) is 8.81. The lowest BCUT2D eigenvalue weighted by atomic mass is 10.2. The number of benzene rings is 1. The van der Waals surface area contributed by atoms with E-state index in [1.54, 1.807) is 29.2 Å². The Balaban J connectivity index is 1.61. The van der Waals surface area contributed by atoms with Crippen molar-refractivity contribution in [3.8, 4) is 0 Å². The van der Waals surface area contributed by atoms with Crippen LogP contribution in [0.3, 0.4) is 0 Å². The minimum atomic E-state index is -0.580. The predicted molar refractivity (Wildman–Crippen MR) is 97.7 cm³/mol. The zero-order chi connectivity index (χ0) is 18.5. The average Bonchev–Trinajstić information content (AvgIpc) is 3.10. The van der Waals surface area contributed by atoms with Crippen LogP contribution in [-0.4, -0.2) is 80.0 Å². The molecule has 0 radical (unpaired) electrons. The van der Waals surface area contributed by atoms with Crippen LogP contribution in [0.15, 0.2) is 23.3 Å². The maximum absolute atomic E-state index is 14.6. The minimum Gasteiger partial charge on any atom is -0.394 e. The number of hydrogen-bond acceptors (Lipinski definition) is 8. The highest BCUT2D eigenvalue weighted by Crippen LogP contribution is 2.27. The SMILES string of the molecule is CC(O)NCC1CN(c2ccc(N3C=NN(CCO)CC3)c(F)c2)CO1. The smallest absolute Gasteiger partial charge is 0.148 e. The van der Waals surface area contributed by atoms with Gasteiger partial charge in [0.2, 0.25) is 0 Å². The van der Waals surface area contributed by atoms with E-state index >= 15 is 0 Å². The molecule has 1 fully saturated rings. The number of aliphatic hydroxyl groups excluding tert-OH is 2. The summed E-state index contributed by atoms with van der Waals surface area (Å²) < 4.78 is 20.3. The lowest BCUT2D eigenvalue weighted by Gasteiger charge is -2.30. The molecule has 0 spiro atoms. The van der Waals surface area contributed by atoms with Crippen molar-refractivity contribution in [2.45, 2.75) is 19.3 Å². The Morgan fingerprint density at radius 1 is 1.42 bits per heavy atom. The van der Waals surface area contributed by atoms with Crippen LogP contribution in [0.5, 0.6) is 0 Å². The molecule has 26 heavy (non-hydrogen) atoms. The second kappa shape index (κ2) is 8.63. The van der Waals surface area contributed by atoms with Crippen molar-refractivity contribution in [2.24, 2.45) is 5.10 Å². The molecule has 0 amide bonds. The van der Waals surface area contributed by atoms with Gasteiger partial charge in [0.25, 0.3) is 0 Å². The molecule has 1 saturated heterocycles. The molecule has 3 N–H and O–H groups in total. The topological polar surface area (TPSA) is 83.8 Å². The number of ether oxygens (including phenoxy) is 1. The summed E-state index contributed by atoms with van der Waals surface area (Å²) >= 11 is 0. The van der Waals surface area contributed by atoms with Gasteiger partial charge in [-0.15, -0.1) is 0 Å². The predicted octanol–water partition coefficient (Wildman–Crippen LogP) is -0.0261. The van der Waals surface area contributed by atoms with E-state index in [2.05, 4.69) is 10.4 Å². The summed E-state index contributed by atoms with van der Waals surface area (Å²) in [6.45, 7) is 5.01. The van der Waals surface area contributed by atoms with Crippen LogP contribution in [0.4, 0.5) is 15.8 Å². The van der Waals surface area contributed by atoms with E-state index in [1.807, 2.05) is 11.0 Å². The highest BCUT2D eigenvalue weighted by Gasteiger charge is 2.24. The highest BCUT2D eigenvalue weighted by molar-refractivity contribution is 5.80. The van der Waals surface area contributed by atoms with E-state index in [0.29, 0.717) is 45.1 Å². The number of hydrazone groups is 1. The summed E-state index contributed by atoms with van der Waals surface area (Å²) in [7, 11) is 0. The van der Waals surface area contributed by atoms with Gasteiger partial charge in [0.15, 0.2) is 0 Å². The summed E-state index contributed by atoms with van der Waals surface area (Å²) in [6, 6.07) is 5.14. The molecule has 8 nitrogen and oxygen atoms in total. The molecule has 0 bridgehead atoms. The first kappa shape index (κ1) is 18.8. The van der Waals surface area contributed by atoms with Gasteiger partial charge in [-0.25, -0.2) is 4.39 Å². The zero-order valence-electron chi connectivity index (χ0n) is 14.9. The van der Waals surface area contributed by atoms with E-state index in [0.717, 1.165) is 5.69 Å². The summed E-state index contributed by atoms with van der Waals surface area (Å²) in [6.07, 6.45) is 0.969. The lowest BCUT2D eigenvalue weighted by molar-refractivity contribution is 0.0883. The first-order chi connectivity index (χ1) is 12.6. The molecule has 2 atom stereocenters. The van der Waals surface area contributed by atoms with Gasteiger partial charge in [0.05, 0.1) is 31.5 Å². The van der Waals surface area contributed by atoms with Crippen molar-refractivity contribution in [2.75, 3.05) is 55.9 Å². The molecule has 2 aliphatic rings. The Bertz CT molecular complexity index is 630. The van der Waals surface area contributed by atoms with E-state index in [4.69, 9.17) is 9.84 Å². The standard InChI is InChI=1S/C17H26FN5O3/c1-13(25)19-9-15-10-22(12-26-15)14-2-3-17(16(18)8-14)21-4-5-23(6-7-24)20-11-21/h2-3,8,11,13,15,19,24-25H,4-7,9-10,12H2,1H3. The van der Waals surface area contributed by atoms with Crippen LogP contribution >= 0.6 is 0 Å². The van der Waals surface area contributed by atoms with E-state index in [9.17, 15) is 9.50 Å². The Morgan fingerprint density at radius 2 is 2.27 bits per heavy atom. The summed E-state index contributed by atoms with van der Waals surface area (Å²) in [5, 5.41) is 27.1. The van der Waals surface area contributed by atoms with Crippen molar-refractivity contribution < 1.29 is 19.3 Å². The molecule has 144 valence electrons. The minimum absolute atomic E-state index is 0.0425. The van der Waals surface area contributed by atoms with Gasteiger partial charge in [0.1, 0.15) is 25.1 Å². The van der Waals surface area contributed by atoms with Gasteiger partial charge in [-0.1, -0.05) is 0 Å².